The molecule has 5 nitrogen and oxygen atoms in total. The summed E-state index contributed by atoms with van der Waals surface area (Å²) in [4.78, 5) is 31.6. The number of hydrogen-bond acceptors (Lipinski definition) is 4. The zero-order chi connectivity index (χ0) is 22.1. The van der Waals surface area contributed by atoms with Gasteiger partial charge >= 0.3 is 5.97 Å². The molecule has 0 heterocycles. The Balaban J connectivity index is 1.89. The van der Waals surface area contributed by atoms with Gasteiger partial charge in [0.2, 0.25) is 0 Å². The van der Waals surface area contributed by atoms with Crippen molar-refractivity contribution in [3.8, 4) is 5.75 Å². The second-order valence-electron chi connectivity index (χ2n) is 7.12. The van der Waals surface area contributed by atoms with Crippen molar-refractivity contribution in [1.82, 2.24) is 5.06 Å². The molecular weight excluding hydrogens is 410 g/mol. The number of thiol groups is 1. The molecule has 160 valence electrons. The van der Waals surface area contributed by atoms with Crippen LogP contribution >= 0.6 is 12.6 Å². The Morgan fingerprint density at radius 1 is 0.871 bits per heavy atom. The lowest BCUT2D eigenvalue weighted by Crippen LogP contribution is -2.45. The maximum Gasteiger partial charge on any atom is 0.334 e. The highest BCUT2D eigenvalue weighted by molar-refractivity contribution is 7.80. The van der Waals surface area contributed by atoms with Gasteiger partial charge in [-0.05, 0) is 36.1 Å². The quantitative estimate of drug-likeness (QED) is 0.354. The first-order valence-electron chi connectivity index (χ1n) is 10.1. The Labute approximate surface area is 187 Å². The molecule has 0 bridgehead atoms. The Morgan fingerprint density at radius 3 is 1.97 bits per heavy atom. The van der Waals surface area contributed by atoms with Gasteiger partial charge in [-0.25, -0.2) is 4.79 Å². The Bertz CT molecular complexity index is 967. The molecule has 0 spiro atoms. The molecule has 3 aromatic carbocycles. The van der Waals surface area contributed by atoms with E-state index in [1.807, 2.05) is 36.4 Å². The summed E-state index contributed by atoms with van der Waals surface area (Å²) in [7, 11) is 0. The number of benzene rings is 3. The number of aryl methyl sites for hydroxylation is 1. The number of rotatable bonds is 10. The van der Waals surface area contributed by atoms with Crippen molar-refractivity contribution in [1.29, 1.82) is 0 Å². The molecule has 0 saturated carbocycles. The van der Waals surface area contributed by atoms with Crippen LogP contribution in [0.1, 0.15) is 23.6 Å². The minimum Gasteiger partial charge on any atom is -0.479 e. The first-order chi connectivity index (χ1) is 15.1. The van der Waals surface area contributed by atoms with Crippen molar-refractivity contribution in [2.24, 2.45) is 5.92 Å². The predicted molar refractivity (Wildman–Crippen MR) is 123 cm³/mol. The van der Waals surface area contributed by atoms with Crippen LogP contribution in [0.5, 0.6) is 5.75 Å². The topological polar surface area (TPSA) is 66.8 Å². The molecule has 0 aromatic heterocycles. The number of carbonyl (C=O) groups is 2. The van der Waals surface area contributed by atoms with Gasteiger partial charge < -0.3 is 9.94 Å². The molecule has 0 aliphatic carbocycles. The van der Waals surface area contributed by atoms with Gasteiger partial charge in [-0.3, -0.25) is 4.79 Å². The van der Waals surface area contributed by atoms with Crippen molar-refractivity contribution in [3.05, 3.63) is 102 Å². The van der Waals surface area contributed by atoms with E-state index in [9.17, 15) is 14.7 Å². The maximum absolute atomic E-state index is 13.5. The van der Waals surface area contributed by atoms with Gasteiger partial charge in [-0.1, -0.05) is 78.9 Å². The molecule has 0 aliphatic rings. The highest BCUT2D eigenvalue weighted by Gasteiger charge is 2.36. The van der Waals surface area contributed by atoms with E-state index in [0.29, 0.717) is 24.2 Å². The molecule has 0 fully saturated rings. The third kappa shape index (κ3) is 6.12. The zero-order valence-electron chi connectivity index (χ0n) is 17.0. The standard InChI is InChI=1S/C25H25NO4S/c27-24(21(18-31)17-16-19-10-4-1-5-11-19)26(30-22-14-8-3-9-15-22)23(25(28)29)20-12-6-2-7-13-20/h1-15,21,23,31H,16-18H2,(H,28,29). The smallest absolute Gasteiger partial charge is 0.334 e. The monoisotopic (exact) mass is 435 g/mol. The Kier molecular flexibility index (Phi) is 8.12. The van der Waals surface area contributed by atoms with Crippen molar-refractivity contribution in [2.45, 2.75) is 18.9 Å². The maximum atomic E-state index is 13.5. The number of nitrogens with zero attached hydrogens (tertiary/aromatic N) is 1. The number of carbonyl (C=O) groups excluding carboxylic acids is 1. The van der Waals surface area contributed by atoms with E-state index in [1.165, 1.54) is 0 Å². The van der Waals surface area contributed by atoms with Crippen molar-refractivity contribution in [3.63, 3.8) is 0 Å². The highest BCUT2D eigenvalue weighted by Crippen LogP contribution is 2.27. The zero-order valence-corrected chi connectivity index (χ0v) is 17.9. The summed E-state index contributed by atoms with van der Waals surface area (Å²) in [6.45, 7) is 0. The average Bonchev–Trinajstić information content (AvgIpc) is 2.81. The summed E-state index contributed by atoms with van der Waals surface area (Å²) < 4.78 is 0. The fourth-order valence-corrected chi connectivity index (χ4v) is 3.63. The second kappa shape index (κ2) is 11.2. The number of carboxylic acid groups (broad SMARTS) is 1. The lowest BCUT2D eigenvalue weighted by molar-refractivity contribution is -0.181. The molecular formula is C25H25NO4S. The van der Waals surface area contributed by atoms with Crippen LogP contribution in [0.2, 0.25) is 0 Å². The number of para-hydroxylation sites is 1. The molecule has 1 amide bonds. The van der Waals surface area contributed by atoms with Crippen LogP contribution in [0.4, 0.5) is 0 Å². The SMILES string of the molecule is O=C(O)C(c1ccccc1)N(Oc1ccccc1)C(=O)C(CS)CCc1ccccc1. The molecule has 3 rings (SSSR count). The van der Waals surface area contributed by atoms with E-state index < -0.39 is 23.8 Å². The first kappa shape index (κ1) is 22.4. The summed E-state index contributed by atoms with van der Waals surface area (Å²) in [5, 5.41) is 11.0. The minimum absolute atomic E-state index is 0.279. The lowest BCUT2D eigenvalue weighted by Gasteiger charge is -2.31. The van der Waals surface area contributed by atoms with Gasteiger partial charge in [0.1, 0.15) is 0 Å². The summed E-state index contributed by atoms with van der Waals surface area (Å²) in [6.07, 6.45) is 1.21. The van der Waals surface area contributed by atoms with E-state index >= 15 is 0 Å². The van der Waals surface area contributed by atoms with Gasteiger partial charge in [-0.2, -0.15) is 17.7 Å². The molecule has 1 N–H and O–H groups in total. The molecule has 2 unspecified atom stereocenters. The van der Waals surface area contributed by atoms with E-state index in [4.69, 9.17) is 4.84 Å². The summed E-state index contributed by atoms with van der Waals surface area (Å²) >= 11 is 4.38. The normalized spacial score (nSPS) is 12.5. The van der Waals surface area contributed by atoms with Crippen LogP contribution in [-0.2, 0) is 16.0 Å². The largest absolute Gasteiger partial charge is 0.479 e. The fraction of sp³-hybridized carbons (Fsp3) is 0.200. The van der Waals surface area contributed by atoms with Crippen LogP contribution in [-0.4, -0.2) is 27.8 Å². The third-order valence-electron chi connectivity index (χ3n) is 4.94. The van der Waals surface area contributed by atoms with Crippen LogP contribution < -0.4 is 4.84 Å². The summed E-state index contributed by atoms with van der Waals surface area (Å²) in [5.74, 6) is -1.42. The number of hydrogen-bond donors (Lipinski definition) is 2. The number of carboxylic acids is 1. The van der Waals surface area contributed by atoms with Crippen molar-refractivity contribution in [2.75, 3.05) is 5.75 Å². The number of hydroxylamine groups is 2. The van der Waals surface area contributed by atoms with E-state index in [0.717, 1.165) is 10.6 Å². The van der Waals surface area contributed by atoms with Gasteiger partial charge in [0.05, 0.1) is 5.92 Å². The fourth-order valence-electron chi connectivity index (χ4n) is 3.29. The van der Waals surface area contributed by atoms with Crippen molar-refractivity contribution >= 4 is 24.5 Å². The Morgan fingerprint density at radius 2 is 1.42 bits per heavy atom. The van der Waals surface area contributed by atoms with Crippen molar-refractivity contribution < 1.29 is 19.5 Å². The van der Waals surface area contributed by atoms with Crippen LogP contribution in [0.3, 0.4) is 0 Å². The van der Waals surface area contributed by atoms with Crippen LogP contribution in [0.25, 0.3) is 0 Å². The summed E-state index contributed by atoms with van der Waals surface area (Å²) in [5.41, 5.74) is 1.57. The number of aliphatic carboxylic acids is 1. The molecule has 0 aliphatic heterocycles. The Hall–Kier alpha value is -3.25. The first-order valence-corrected chi connectivity index (χ1v) is 10.7. The molecule has 0 saturated heterocycles. The molecule has 0 radical (unpaired) electrons. The van der Waals surface area contributed by atoms with Gasteiger partial charge in [-0.15, -0.1) is 0 Å². The molecule has 2 atom stereocenters. The van der Waals surface area contributed by atoms with E-state index in [-0.39, 0.29) is 5.75 Å². The van der Waals surface area contributed by atoms with E-state index in [1.54, 1.807) is 54.6 Å². The molecule has 6 heteroatoms. The van der Waals surface area contributed by atoms with Crippen LogP contribution in [0.15, 0.2) is 91.0 Å². The lowest BCUT2D eigenvalue weighted by atomic mass is 9.98. The molecule has 31 heavy (non-hydrogen) atoms. The highest BCUT2D eigenvalue weighted by atomic mass is 32.1. The van der Waals surface area contributed by atoms with Gasteiger partial charge in [0, 0.05) is 5.75 Å². The van der Waals surface area contributed by atoms with Gasteiger partial charge in [0.25, 0.3) is 5.91 Å². The van der Waals surface area contributed by atoms with Gasteiger partial charge in [0.15, 0.2) is 11.8 Å². The summed E-state index contributed by atoms with van der Waals surface area (Å²) in [6, 6.07) is 25.9. The number of amides is 1. The minimum atomic E-state index is -1.28. The molecule has 3 aromatic rings. The second-order valence-corrected chi connectivity index (χ2v) is 7.49. The third-order valence-corrected chi connectivity index (χ3v) is 5.38. The van der Waals surface area contributed by atoms with Crippen LogP contribution in [0, 0.1) is 5.92 Å². The average molecular weight is 436 g/mol. The predicted octanol–water partition coefficient (Wildman–Crippen LogP) is 4.81. The van der Waals surface area contributed by atoms with E-state index in [2.05, 4.69) is 12.6 Å².